The Hall–Kier alpha value is -0.890. The summed E-state index contributed by atoms with van der Waals surface area (Å²) in [6.07, 6.45) is 1.50. The van der Waals surface area contributed by atoms with E-state index < -0.39 is 5.82 Å². The monoisotopic (exact) mass is 228 g/mol. The zero-order chi connectivity index (χ0) is 11.4. The lowest BCUT2D eigenvalue weighted by Crippen LogP contribution is -2.13. The van der Waals surface area contributed by atoms with Gasteiger partial charge < -0.3 is 0 Å². The maximum Gasteiger partial charge on any atom is 0.167 e. The zero-order valence-corrected chi connectivity index (χ0v) is 9.64. The fraction of sp³-hybridized carbons (Fsp3) is 0.417. The highest BCUT2D eigenvalue weighted by Gasteiger charge is 2.19. The summed E-state index contributed by atoms with van der Waals surface area (Å²) in [7, 11) is 0. The van der Waals surface area contributed by atoms with Crippen molar-refractivity contribution in [1.29, 1.82) is 0 Å². The van der Waals surface area contributed by atoms with Gasteiger partial charge in [-0.1, -0.05) is 25.4 Å². The Bertz CT molecular complexity index is 359. The van der Waals surface area contributed by atoms with Crippen LogP contribution in [0, 0.1) is 11.7 Å². The summed E-state index contributed by atoms with van der Waals surface area (Å²) in [5.41, 5.74) is 0.297. The molecule has 0 spiro atoms. The van der Waals surface area contributed by atoms with Crippen LogP contribution >= 0.6 is 11.6 Å². The molecule has 0 aliphatic rings. The molecule has 0 unspecified atom stereocenters. The van der Waals surface area contributed by atoms with E-state index >= 15 is 0 Å². The molecule has 0 N–H and O–H groups in total. The molecule has 1 rings (SSSR count). The Labute approximate surface area is 94.3 Å². The maximum absolute atomic E-state index is 13.0. The normalized spacial score (nSPS) is 10.7. The van der Waals surface area contributed by atoms with Crippen molar-refractivity contribution in [2.24, 2.45) is 5.92 Å². The third-order valence-corrected chi connectivity index (χ3v) is 2.88. The molecule has 0 bridgehead atoms. The van der Waals surface area contributed by atoms with Crippen molar-refractivity contribution in [2.75, 3.05) is 0 Å². The highest BCUT2D eigenvalue weighted by atomic mass is 35.5. The Morgan fingerprint density at radius 3 is 2.53 bits per heavy atom. The molecule has 1 nitrogen and oxygen atoms in total. The van der Waals surface area contributed by atoms with Crippen molar-refractivity contribution in [3.63, 3.8) is 0 Å². The summed E-state index contributed by atoms with van der Waals surface area (Å²) in [6.45, 7) is 3.89. The average Bonchev–Trinajstić information content (AvgIpc) is 2.23. The van der Waals surface area contributed by atoms with Gasteiger partial charge in [0.2, 0.25) is 0 Å². The van der Waals surface area contributed by atoms with Crippen molar-refractivity contribution >= 4 is 17.4 Å². The first-order chi connectivity index (χ1) is 7.10. The second-order valence-corrected chi connectivity index (χ2v) is 3.91. The number of Topliss-reactive ketones (excluding diaryl/α,β-unsaturated/α-hetero) is 1. The number of rotatable bonds is 4. The molecule has 0 radical (unpaired) electrons. The van der Waals surface area contributed by atoms with Crippen LogP contribution in [0.5, 0.6) is 0 Å². The number of carbonyl (C=O) groups excluding carboxylic acids is 1. The van der Waals surface area contributed by atoms with Crippen LogP contribution in [0.4, 0.5) is 4.39 Å². The van der Waals surface area contributed by atoms with Gasteiger partial charge in [0, 0.05) is 11.5 Å². The molecule has 0 amide bonds. The van der Waals surface area contributed by atoms with Gasteiger partial charge in [-0.2, -0.15) is 0 Å². The quantitative estimate of drug-likeness (QED) is 0.710. The van der Waals surface area contributed by atoms with Gasteiger partial charge in [0.1, 0.15) is 5.82 Å². The van der Waals surface area contributed by atoms with Crippen LogP contribution in [-0.4, -0.2) is 5.78 Å². The van der Waals surface area contributed by atoms with Gasteiger partial charge in [-0.3, -0.25) is 4.79 Å². The van der Waals surface area contributed by atoms with E-state index in [-0.39, 0.29) is 11.7 Å². The lowest BCUT2D eigenvalue weighted by molar-refractivity contribution is 0.0913. The van der Waals surface area contributed by atoms with Gasteiger partial charge >= 0.3 is 0 Å². The number of carbonyl (C=O) groups is 1. The average molecular weight is 229 g/mol. The molecule has 0 heterocycles. The Morgan fingerprint density at radius 1 is 1.40 bits per heavy atom. The lowest BCUT2D eigenvalue weighted by atomic mass is 9.93. The van der Waals surface area contributed by atoms with Crippen LogP contribution in [-0.2, 0) is 0 Å². The minimum absolute atomic E-state index is 0.0653. The van der Waals surface area contributed by atoms with Crippen LogP contribution in [0.2, 0.25) is 5.02 Å². The van der Waals surface area contributed by atoms with Crippen molar-refractivity contribution < 1.29 is 9.18 Å². The molecule has 1 aromatic rings. The highest BCUT2D eigenvalue weighted by molar-refractivity contribution is 6.34. The van der Waals surface area contributed by atoms with Crippen molar-refractivity contribution in [3.05, 3.63) is 34.6 Å². The summed E-state index contributed by atoms with van der Waals surface area (Å²) < 4.78 is 13.0. The van der Waals surface area contributed by atoms with Crippen LogP contribution in [0.1, 0.15) is 37.0 Å². The first-order valence-corrected chi connectivity index (χ1v) is 5.47. The Balaban J connectivity index is 3.04. The van der Waals surface area contributed by atoms with E-state index in [0.29, 0.717) is 10.6 Å². The van der Waals surface area contributed by atoms with Crippen LogP contribution in [0.15, 0.2) is 18.2 Å². The maximum atomic E-state index is 13.0. The summed E-state index contributed by atoms with van der Waals surface area (Å²) in [5.74, 6) is -0.553. The Morgan fingerprint density at radius 2 is 2.00 bits per heavy atom. The van der Waals surface area contributed by atoms with E-state index in [2.05, 4.69) is 0 Å². The van der Waals surface area contributed by atoms with E-state index in [1.807, 2.05) is 13.8 Å². The minimum Gasteiger partial charge on any atom is -0.294 e. The topological polar surface area (TPSA) is 17.1 Å². The summed E-state index contributed by atoms with van der Waals surface area (Å²) >= 11 is 5.86. The van der Waals surface area contributed by atoms with Crippen LogP contribution in [0.25, 0.3) is 0 Å². The SMILES string of the molecule is CCC(CC)C(=O)c1cc(F)ccc1Cl. The largest absolute Gasteiger partial charge is 0.294 e. The first kappa shape index (κ1) is 12.2. The second kappa shape index (κ2) is 5.26. The molecular formula is C12H14ClFO. The van der Waals surface area contributed by atoms with Crippen molar-refractivity contribution in [2.45, 2.75) is 26.7 Å². The standard InChI is InChI=1S/C12H14ClFO/c1-3-8(4-2)12(15)10-7-9(14)5-6-11(10)13/h5-8H,3-4H2,1-2H3. The number of hydrogen-bond acceptors (Lipinski definition) is 1. The molecule has 0 aromatic heterocycles. The third kappa shape index (κ3) is 2.78. The fourth-order valence-corrected chi connectivity index (χ4v) is 1.78. The predicted molar refractivity (Wildman–Crippen MR) is 59.8 cm³/mol. The van der Waals surface area contributed by atoms with Crippen molar-refractivity contribution in [3.8, 4) is 0 Å². The highest BCUT2D eigenvalue weighted by Crippen LogP contribution is 2.23. The zero-order valence-electron chi connectivity index (χ0n) is 8.89. The van der Waals surface area contributed by atoms with Gasteiger partial charge in [-0.25, -0.2) is 4.39 Å². The van der Waals surface area contributed by atoms with E-state index in [4.69, 9.17) is 11.6 Å². The molecule has 15 heavy (non-hydrogen) atoms. The molecule has 82 valence electrons. The number of ketones is 1. The fourth-order valence-electron chi connectivity index (χ4n) is 1.57. The molecule has 0 saturated heterocycles. The number of halogens is 2. The van der Waals surface area contributed by atoms with E-state index in [0.717, 1.165) is 12.8 Å². The van der Waals surface area contributed by atoms with Gasteiger partial charge in [0.05, 0.1) is 5.02 Å². The molecule has 3 heteroatoms. The first-order valence-electron chi connectivity index (χ1n) is 5.09. The lowest BCUT2D eigenvalue weighted by Gasteiger charge is -2.11. The minimum atomic E-state index is -0.422. The van der Waals surface area contributed by atoms with Gasteiger partial charge in [0.15, 0.2) is 5.78 Å². The van der Waals surface area contributed by atoms with Crippen LogP contribution in [0.3, 0.4) is 0 Å². The van der Waals surface area contributed by atoms with E-state index in [9.17, 15) is 9.18 Å². The van der Waals surface area contributed by atoms with Gasteiger partial charge in [0.25, 0.3) is 0 Å². The smallest absolute Gasteiger partial charge is 0.167 e. The summed E-state index contributed by atoms with van der Waals surface area (Å²) in [6, 6.07) is 3.89. The van der Waals surface area contributed by atoms with Gasteiger partial charge in [-0.05, 0) is 31.0 Å². The molecule has 1 aromatic carbocycles. The van der Waals surface area contributed by atoms with E-state index in [1.54, 1.807) is 0 Å². The van der Waals surface area contributed by atoms with Crippen molar-refractivity contribution in [1.82, 2.24) is 0 Å². The predicted octanol–water partition coefficient (Wildman–Crippen LogP) is 4.10. The number of benzene rings is 1. The summed E-state index contributed by atoms with van der Waals surface area (Å²) in [4.78, 5) is 11.9. The van der Waals surface area contributed by atoms with Crippen LogP contribution < -0.4 is 0 Å². The molecular weight excluding hydrogens is 215 g/mol. The Kier molecular flexibility index (Phi) is 4.28. The van der Waals surface area contributed by atoms with E-state index in [1.165, 1.54) is 18.2 Å². The second-order valence-electron chi connectivity index (χ2n) is 3.50. The van der Waals surface area contributed by atoms with Gasteiger partial charge in [-0.15, -0.1) is 0 Å². The molecule has 0 fully saturated rings. The summed E-state index contributed by atoms with van der Waals surface area (Å²) in [5, 5.41) is 0.327. The third-order valence-electron chi connectivity index (χ3n) is 2.55. The molecule has 0 atom stereocenters. The number of hydrogen-bond donors (Lipinski definition) is 0. The molecule has 0 aliphatic heterocycles. The molecule has 0 aliphatic carbocycles. The molecule has 0 saturated carbocycles.